The van der Waals surface area contributed by atoms with Crippen molar-refractivity contribution in [2.45, 2.75) is 210 Å². The lowest BCUT2D eigenvalue weighted by Gasteiger charge is -2.39. The maximum absolute atomic E-state index is 12.1. The van der Waals surface area contributed by atoms with E-state index in [-0.39, 0.29) is 24.9 Å². The molecule has 45 heavy (non-hydrogen) atoms. The van der Waals surface area contributed by atoms with Crippen molar-refractivity contribution in [1.82, 2.24) is 0 Å². The Morgan fingerprint density at radius 1 is 0.622 bits per heavy atom. The van der Waals surface area contributed by atoms with E-state index >= 15 is 0 Å². The molecule has 0 aromatic rings. The summed E-state index contributed by atoms with van der Waals surface area (Å²) in [4.78, 5) is 12.1. The van der Waals surface area contributed by atoms with Gasteiger partial charge in [0.05, 0.1) is 25.4 Å². The zero-order valence-corrected chi connectivity index (χ0v) is 28.5. The summed E-state index contributed by atoms with van der Waals surface area (Å²) in [7, 11) is 0. The van der Waals surface area contributed by atoms with E-state index in [9.17, 15) is 35.4 Å². The predicted octanol–water partition coefficient (Wildman–Crippen LogP) is 5.87. The number of Topliss-reactive ketones (excluding diaryl/α,β-unsaturated/α-hetero) is 1. The lowest BCUT2D eigenvalue weighted by molar-refractivity contribution is -0.300. The highest BCUT2D eigenvalue weighted by Gasteiger charge is 2.43. The van der Waals surface area contributed by atoms with Crippen molar-refractivity contribution in [3.63, 3.8) is 0 Å². The summed E-state index contributed by atoms with van der Waals surface area (Å²) < 4.78 is 10.7. The van der Waals surface area contributed by atoms with E-state index in [0.717, 1.165) is 32.1 Å². The van der Waals surface area contributed by atoms with Crippen LogP contribution in [0.15, 0.2) is 0 Å². The summed E-state index contributed by atoms with van der Waals surface area (Å²) in [5.41, 5.74) is 0. The van der Waals surface area contributed by atoms with E-state index in [0.29, 0.717) is 12.8 Å². The van der Waals surface area contributed by atoms with Crippen molar-refractivity contribution in [1.29, 1.82) is 0 Å². The molecule has 1 fully saturated rings. The normalized spacial score (nSPS) is 23.3. The monoisotopic (exact) mass is 647 g/mol. The molecule has 268 valence electrons. The van der Waals surface area contributed by atoms with Gasteiger partial charge in [0, 0.05) is 12.8 Å². The molecule has 1 rings (SSSR count). The van der Waals surface area contributed by atoms with Crippen LogP contribution in [0.5, 0.6) is 0 Å². The molecule has 0 bridgehead atoms. The van der Waals surface area contributed by atoms with Crippen LogP contribution < -0.4 is 0 Å². The first-order valence-corrected chi connectivity index (χ1v) is 18.6. The zero-order valence-electron chi connectivity index (χ0n) is 28.5. The highest BCUT2D eigenvalue weighted by Crippen LogP contribution is 2.22. The number of hydrogen-bond acceptors (Lipinski definition) is 9. The lowest BCUT2D eigenvalue weighted by atomic mass is 9.99. The molecule has 6 N–H and O–H groups in total. The number of ketones is 1. The van der Waals surface area contributed by atoms with Crippen LogP contribution in [0.2, 0.25) is 0 Å². The van der Waals surface area contributed by atoms with Gasteiger partial charge in [0.15, 0.2) is 6.29 Å². The van der Waals surface area contributed by atoms with E-state index < -0.39 is 43.4 Å². The number of aliphatic hydroxyl groups excluding tert-OH is 6. The minimum Gasteiger partial charge on any atom is -0.394 e. The van der Waals surface area contributed by atoms with E-state index in [1.54, 1.807) is 6.92 Å². The van der Waals surface area contributed by atoms with Crippen LogP contribution >= 0.6 is 0 Å². The van der Waals surface area contributed by atoms with Gasteiger partial charge in [-0.1, -0.05) is 128 Å². The fourth-order valence-corrected chi connectivity index (χ4v) is 6.19. The Kier molecular flexibility index (Phi) is 26.7. The molecule has 9 heteroatoms. The average molecular weight is 647 g/mol. The molecule has 0 radical (unpaired) electrons. The van der Waals surface area contributed by atoms with Gasteiger partial charge in [-0.2, -0.15) is 0 Å². The highest BCUT2D eigenvalue weighted by atomic mass is 16.7. The molecule has 0 unspecified atom stereocenters. The number of rotatable bonds is 31. The van der Waals surface area contributed by atoms with Crippen molar-refractivity contribution in [2.24, 2.45) is 0 Å². The van der Waals surface area contributed by atoms with Crippen molar-refractivity contribution >= 4 is 5.78 Å². The van der Waals surface area contributed by atoms with Crippen LogP contribution in [0.25, 0.3) is 0 Å². The van der Waals surface area contributed by atoms with Crippen molar-refractivity contribution in [3.8, 4) is 0 Å². The van der Waals surface area contributed by atoms with Crippen molar-refractivity contribution in [3.05, 3.63) is 0 Å². The summed E-state index contributed by atoms with van der Waals surface area (Å²) in [5, 5.41) is 57.8. The molecule has 0 aliphatic carbocycles. The first-order chi connectivity index (χ1) is 21.8. The van der Waals surface area contributed by atoms with E-state index in [4.69, 9.17) is 9.47 Å². The second-order valence-electron chi connectivity index (χ2n) is 13.6. The molecule has 9 nitrogen and oxygen atoms in total. The molecule has 0 aromatic carbocycles. The third-order valence-corrected chi connectivity index (χ3v) is 9.12. The smallest absolute Gasteiger partial charge is 0.186 e. The first kappa shape index (κ1) is 42.4. The van der Waals surface area contributed by atoms with Crippen LogP contribution in [0.1, 0.15) is 167 Å². The number of carbonyl (C=O) groups excluding carboxylic acids is 1. The number of carbonyl (C=O) groups is 1. The van der Waals surface area contributed by atoms with Gasteiger partial charge in [0.2, 0.25) is 0 Å². The molecule has 0 aromatic heterocycles. The zero-order chi connectivity index (χ0) is 33.1. The average Bonchev–Trinajstić information content (AvgIpc) is 3.01. The molecule has 0 saturated carbocycles. The lowest BCUT2D eigenvalue weighted by Crippen LogP contribution is -2.59. The van der Waals surface area contributed by atoms with Crippen molar-refractivity contribution in [2.75, 3.05) is 13.2 Å². The fourth-order valence-electron chi connectivity index (χ4n) is 6.19. The maximum atomic E-state index is 12.1. The quantitative estimate of drug-likeness (QED) is 0.0507. The molecule has 0 spiro atoms. The number of unbranched alkanes of at least 4 members (excludes halogenated alkanes) is 20. The standard InChI is InChI=1S/C36H70O9/c1-29(38)27-31(40)24-22-20-18-16-14-12-10-8-6-4-2-3-5-7-9-11-13-15-17-19-21-23-30(39)25-26-44-36-35(43)34(42)33(41)32(28-37)45-36/h29,31-38,40-43H,2-28H2,1H3/t29-,31+,32-,33+,34+,35-,36+/m1/s1. The van der Waals surface area contributed by atoms with Crippen LogP contribution in [-0.2, 0) is 14.3 Å². The second-order valence-corrected chi connectivity index (χ2v) is 13.6. The fraction of sp³-hybridized carbons (Fsp3) is 0.972. The Bertz CT molecular complexity index is 675. The molecular formula is C36H70O9. The first-order valence-electron chi connectivity index (χ1n) is 18.6. The Hall–Kier alpha value is -0.650. The van der Waals surface area contributed by atoms with Crippen molar-refractivity contribution < 1.29 is 44.9 Å². The molecule has 1 aliphatic rings. The molecular weight excluding hydrogens is 576 g/mol. The molecule has 7 atom stereocenters. The van der Waals surface area contributed by atoms with Gasteiger partial charge in [-0.15, -0.1) is 0 Å². The largest absolute Gasteiger partial charge is 0.394 e. The van der Waals surface area contributed by atoms with E-state index in [1.165, 1.54) is 109 Å². The summed E-state index contributed by atoms with van der Waals surface area (Å²) in [6, 6.07) is 0. The van der Waals surface area contributed by atoms with Gasteiger partial charge in [0.1, 0.15) is 30.2 Å². The third-order valence-electron chi connectivity index (χ3n) is 9.12. The van der Waals surface area contributed by atoms with Gasteiger partial charge in [0.25, 0.3) is 0 Å². The molecule has 1 saturated heterocycles. The van der Waals surface area contributed by atoms with Gasteiger partial charge in [-0.3, -0.25) is 4.79 Å². The van der Waals surface area contributed by atoms with Crippen LogP contribution in [-0.4, -0.2) is 92.5 Å². The van der Waals surface area contributed by atoms with Gasteiger partial charge in [-0.25, -0.2) is 0 Å². The van der Waals surface area contributed by atoms with Gasteiger partial charge < -0.3 is 40.1 Å². The number of aliphatic hydroxyl groups is 6. The summed E-state index contributed by atoms with van der Waals surface area (Å²) in [6.45, 7) is 1.29. The minimum atomic E-state index is -1.47. The minimum absolute atomic E-state index is 0.0601. The second kappa shape index (κ2) is 28.4. The van der Waals surface area contributed by atoms with Crippen LogP contribution in [0, 0.1) is 0 Å². The van der Waals surface area contributed by atoms with Crippen LogP contribution in [0.3, 0.4) is 0 Å². The Morgan fingerprint density at radius 2 is 1.04 bits per heavy atom. The topological polar surface area (TPSA) is 157 Å². The highest BCUT2D eigenvalue weighted by molar-refractivity contribution is 5.78. The van der Waals surface area contributed by atoms with Gasteiger partial charge in [-0.05, 0) is 26.2 Å². The molecule has 0 amide bonds. The Labute approximate surface area is 274 Å². The Morgan fingerprint density at radius 3 is 1.47 bits per heavy atom. The van der Waals surface area contributed by atoms with Crippen LogP contribution in [0.4, 0.5) is 0 Å². The summed E-state index contributed by atoms with van der Waals surface area (Å²) in [5.74, 6) is 0.0984. The SMILES string of the molecule is C[C@@H](O)C[C@@H](O)CCCCCCCCCCCCCCCCCCCCCCCC(=O)CCO[C@H]1O[C@H](CO)[C@H](O)[C@H](O)[C@H]1O. The van der Waals surface area contributed by atoms with E-state index in [2.05, 4.69) is 0 Å². The maximum Gasteiger partial charge on any atom is 0.186 e. The molecule has 1 aliphatic heterocycles. The predicted molar refractivity (Wildman–Crippen MR) is 178 cm³/mol. The summed E-state index contributed by atoms with van der Waals surface area (Å²) >= 11 is 0. The van der Waals surface area contributed by atoms with E-state index in [1.807, 2.05) is 0 Å². The number of hydrogen-bond donors (Lipinski definition) is 6. The number of ether oxygens (including phenoxy) is 2. The molecule has 1 heterocycles. The summed E-state index contributed by atoms with van der Waals surface area (Å²) in [6.07, 6.45) is 21.5. The van der Waals surface area contributed by atoms with Gasteiger partial charge >= 0.3 is 0 Å². The third kappa shape index (κ3) is 22.5. The Balaban J connectivity index is 1.77.